The van der Waals surface area contributed by atoms with E-state index in [-0.39, 0.29) is 24.4 Å². The molecule has 0 aromatic heterocycles. The van der Waals surface area contributed by atoms with Crippen molar-refractivity contribution in [2.75, 3.05) is 63.0 Å². The summed E-state index contributed by atoms with van der Waals surface area (Å²) in [7, 11) is 1.87. The highest BCUT2D eigenvalue weighted by molar-refractivity contribution is 5.93. The molecule has 11 nitrogen and oxygen atoms in total. The van der Waals surface area contributed by atoms with Gasteiger partial charge in [-0.1, -0.05) is 44.4 Å². The number of amides is 4. The Morgan fingerprint density at radius 1 is 0.933 bits per heavy atom. The number of hydrazine groups is 2. The topological polar surface area (TPSA) is 101 Å². The standard InChI is InChI=1S/C34H51N7O4/c1-4-6-11-20-37(3)33(43)17-14-23-45-30-18-19-31-28(24-30)25-38(26-32(42)35-39-21-12-8-13-22-39)27-41(31)36-34(44)40(5-2)29-15-9-7-10-16-29/h7,9-10,15-16,18-19,24H,4-6,8,11-14,17,20-23,25-27H2,1-3H3,(H,35,42)(H,36,44). The molecule has 2 aliphatic heterocycles. The van der Waals surface area contributed by atoms with Gasteiger partial charge in [-0.25, -0.2) is 15.2 Å². The zero-order chi connectivity index (χ0) is 32.0. The fourth-order valence-corrected chi connectivity index (χ4v) is 5.79. The van der Waals surface area contributed by atoms with Gasteiger partial charge in [-0.05, 0) is 68.5 Å². The Bertz CT molecular complexity index is 1240. The molecule has 0 atom stereocenters. The molecule has 45 heavy (non-hydrogen) atoms. The number of piperidine rings is 1. The van der Waals surface area contributed by atoms with E-state index in [4.69, 9.17) is 4.74 Å². The third-order valence-corrected chi connectivity index (χ3v) is 8.27. The molecule has 1 saturated heterocycles. The van der Waals surface area contributed by atoms with Crippen LogP contribution in [0.2, 0.25) is 0 Å². The maximum absolute atomic E-state index is 13.5. The molecule has 1 fully saturated rings. The lowest BCUT2D eigenvalue weighted by Gasteiger charge is -2.39. The Balaban J connectivity index is 1.41. The molecule has 2 aromatic carbocycles. The van der Waals surface area contributed by atoms with Crippen molar-refractivity contribution in [3.05, 3.63) is 54.1 Å². The quantitative estimate of drug-likeness (QED) is 0.277. The minimum Gasteiger partial charge on any atom is -0.494 e. The van der Waals surface area contributed by atoms with Crippen LogP contribution in [0.15, 0.2) is 48.5 Å². The minimum absolute atomic E-state index is 0.0668. The summed E-state index contributed by atoms with van der Waals surface area (Å²) in [5.41, 5.74) is 8.74. The highest BCUT2D eigenvalue weighted by Gasteiger charge is 2.28. The van der Waals surface area contributed by atoms with E-state index >= 15 is 0 Å². The number of carbonyl (C=O) groups is 3. The van der Waals surface area contributed by atoms with Gasteiger partial charge in [0.15, 0.2) is 0 Å². The number of anilines is 2. The van der Waals surface area contributed by atoms with Crippen LogP contribution in [-0.4, -0.2) is 85.7 Å². The smallest absolute Gasteiger partial charge is 0.340 e. The number of hydrogen-bond donors (Lipinski definition) is 2. The van der Waals surface area contributed by atoms with Gasteiger partial charge in [0, 0.05) is 51.9 Å². The summed E-state index contributed by atoms with van der Waals surface area (Å²) >= 11 is 0. The Morgan fingerprint density at radius 2 is 1.71 bits per heavy atom. The molecule has 2 N–H and O–H groups in total. The summed E-state index contributed by atoms with van der Waals surface area (Å²) in [6.07, 6.45) is 7.73. The summed E-state index contributed by atoms with van der Waals surface area (Å²) < 4.78 is 6.06. The highest BCUT2D eigenvalue weighted by Crippen LogP contribution is 2.30. The first-order valence-corrected chi connectivity index (χ1v) is 16.5. The first-order chi connectivity index (χ1) is 21.9. The fourth-order valence-electron chi connectivity index (χ4n) is 5.79. The average molecular weight is 622 g/mol. The summed E-state index contributed by atoms with van der Waals surface area (Å²) in [4.78, 5) is 44.5. The zero-order valence-electron chi connectivity index (χ0n) is 27.3. The molecule has 2 aromatic rings. The lowest BCUT2D eigenvalue weighted by Crippen LogP contribution is -2.57. The number of urea groups is 1. The molecule has 0 saturated carbocycles. The SMILES string of the molecule is CCCCCN(C)C(=O)CCCOc1ccc2c(c1)CN(CC(=O)NN1CCCCC1)CN2NC(=O)N(CC)c1ccccc1. The van der Waals surface area contributed by atoms with E-state index in [0.717, 1.165) is 68.7 Å². The van der Waals surface area contributed by atoms with Crippen molar-refractivity contribution in [1.82, 2.24) is 25.7 Å². The van der Waals surface area contributed by atoms with Gasteiger partial charge in [-0.15, -0.1) is 0 Å². The van der Waals surface area contributed by atoms with Gasteiger partial charge < -0.3 is 9.64 Å². The van der Waals surface area contributed by atoms with E-state index < -0.39 is 0 Å². The second kappa shape index (κ2) is 17.6. The number of para-hydroxylation sites is 1. The van der Waals surface area contributed by atoms with Gasteiger partial charge in [-0.3, -0.25) is 29.8 Å². The van der Waals surface area contributed by atoms with Crippen molar-refractivity contribution < 1.29 is 19.1 Å². The molecule has 4 rings (SSSR count). The number of unbranched alkanes of at least 4 members (excludes halogenated alkanes) is 2. The van der Waals surface area contributed by atoms with Crippen molar-refractivity contribution in [2.24, 2.45) is 0 Å². The lowest BCUT2D eigenvalue weighted by atomic mass is 10.1. The van der Waals surface area contributed by atoms with Gasteiger partial charge in [-0.2, -0.15) is 0 Å². The van der Waals surface area contributed by atoms with Crippen LogP contribution in [0.5, 0.6) is 5.75 Å². The number of ether oxygens (including phenoxy) is 1. The van der Waals surface area contributed by atoms with E-state index in [9.17, 15) is 14.4 Å². The average Bonchev–Trinajstić information content (AvgIpc) is 3.04. The number of nitrogens with zero attached hydrogens (tertiary/aromatic N) is 5. The fraction of sp³-hybridized carbons (Fsp3) is 0.559. The monoisotopic (exact) mass is 621 g/mol. The van der Waals surface area contributed by atoms with Gasteiger partial charge in [0.2, 0.25) is 11.8 Å². The molecule has 0 spiro atoms. The molecule has 4 amide bonds. The highest BCUT2D eigenvalue weighted by atomic mass is 16.5. The van der Waals surface area contributed by atoms with Crippen molar-refractivity contribution in [1.29, 1.82) is 0 Å². The van der Waals surface area contributed by atoms with Crippen LogP contribution in [-0.2, 0) is 16.1 Å². The van der Waals surface area contributed by atoms with Crippen LogP contribution < -0.4 is 25.5 Å². The minimum atomic E-state index is -0.251. The maximum atomic E-state index is 13.5. The predicted molar refractivity (Wildman–Crippen MR) is 178 cm³/mol. The Hall–Kier alpha value is -3.83. The second-order valence-electron chi connectivity index (χ2n) is 11.9. The van der Waals surface area contributed by atoms with Crippen molar-refractivity contribution >= 4 is 29.2 Å². The van der Waals surface area contributed by atoms with E-state index in [1.807, 2.05) is 77.3 Å². The first-order valence-electron chi connectivity index (χ1n) is 16.5. The van der Waals surface area contributed by atoms with Crippen molar-refractivity contribution in [3.8, 4) is 5.75 Å². The summed E-state index contributed by atoms with van der Waals surface area (Å²) in [6, 6.07) is 15.1. The molecule has 0 unspecified atom stereocenters. The van der Waals surface area contributed by atoms with E-state index in [2.05, 4.69) is 17.8 Å². The largest absolute Gasteiger partial charge is 0.494 e. The van der Waals surface area contributed by atoms with Crippen LogP contribution in [0.4, 0.5) is 16.2 Å². The molecular formula is C34H51N7O4. The molecule has 0 bridgehead atoms. The van der Waals surface area contributed by atoms with Crippen molar-refractivity contribution in [2.45, 2.75) is 71.8 Å². The lowest BCUT2D eigenvalue weighted by molar-refractivity contribution is -0.130. The molecule has 11 heteroatoms. The van der Waals surface area contributed by atoms with E-state index in [1.165, 1.54) is 6.42 Å². The first kappa shape index (κ1) is 34.1. The number of nitrogens with one attached hydrogen (secondary N) is 2. The van der Waals surface area contributed by atoms with Crippen LogP contribution in [0.3, 0.4) is 0 Å². The van der Waals surface area contributed by atoms with Crippen LogP contribution in [0, 0.1) is 0 Å². The van der Waals surface area contributed by atoms with E-state index in [0.29, 0.717) is 45.0 Å². The second-order valence-corrected chi connectivity index (χ2v) is 11.9. The third kappa shape index (κ3) is 10.4. The van der Waals surface area contributed by atoms with Gasteiger partial charge in [0.25, 0.3) is 0 Å². The maximum Gasteiger partial charge on any atom is 0.340 e. The van der Waals surface area contributed by atoms with Crippen LogP contribution in [0.1, 0.15) is 70.8 Å². The Kier molecular flexibility index (Phi) is 13.3. The number of carbonyl (C=O) groups excluding carboxylic acids is 3. The number of rotatable bonds is 15. The van der Waals surface area contributed by atoms with Crippen LogP contribution in [0.25, 0.3) is 0 Å². The Morgan fingerprint density at radius 3 is 2.44 bits per heavy atom. The molecule has 2 heterocycles. The number of hydrogen-bond acceptors (Lipinski definition) is 7. The Labute approximate surface area is 268 Å². The number of fused-ring (bicyclic) bond motifs is 1. The molecule has 246 valence electrons. The predicted octanol–water partition coefficient (Wildman–Crippen LogP) is 4.74. The molecular weight excluding hydrogens is 570 g/mol. The summed E-state index contributed by atoms with van der Waals surface area (Å²) in [5.74, 6) is 0.771. The zero-order valence-corrected chi connectivity index (χ0v) is 27.3. The van der Waals surface area contributed by atoms with E-state index in [1.54, 1.807) is 9.91 Å². The van der Waals surface area contributed by atoms with Crippen molar-refractivity contribution in [3.63, 3.8) is 0 Å². The van der Waals surface area contributed by atoms with Crippen LogP contribution >= 0.6 is 0 Å². The molecule has 0 radical (unpaired) electrons. The van der Waals surface area contributed by atoms with Gasteiger partial charge >= 0.3 is 6.03 Å². The normalized spacial score (nSPS) is 15.2. The molecule has 2 aliphatic rings. The summed E-state index contributed by atoms with van der Waals surface area (Å²) in [6.45, 7) is 8.63. The van der Waals surface area contributed by atoms with Gasteiger partial charge in [0.05, 0.1) is 25.5 Å². The summed E-state index contributed by atoms with van der Waals surface area (Å²) in [5, 5.41) is 3.81. The third-order valence-electron chi connectivity index (χ3n) is 8.27. The van der Waals surface area contributed by atoms with Gasteiger partial charge in [0.1, 0.15) is 5.75 Å². The molecule has 0 aliphatic carbocycles. The number of benzene rings is 2.